The number of carbonyl (C=O) groups is 2. The second-order valence-electron chi connectivity index (χ2n) is 7.94. The Morgan fingerprint density at radius 1 is 1.19 bits per heavy atom. The Morgan fingerprint density at radius 3 is 2.66 bits per heavy atom. The summed E-state index contributed by atoms with van der Waals surface area (Å²) in [4.78, 5) is 28.6. The van der Waals surface area contributed by atoms with E-state index in [0.717, 1.165) is 22.6 Å². The van der Waals surface area contributed by atoms with Crippen LogP contribution in [0.15, 0.2) is 46.2 Å². The zero-order chi connectivity index (χ0) is 23.3. The van der Waals surface area contributed by atoms with E-state index in [1.807, 2.05) is 37.3 Å². The number of methoxy groups -OCH3 is 1. The van der Waals surface area contributed by atoms with Crippen molar-refractivity contribution in [3.05, 3.63) is 52.4 Å². The van der Waals surface area contributed by atoms with E-state index in [9.17, 15) is 9.59 Å². The molecule has 0 aromatic heterocycles. The van der Waals surface area contributed by atoms with Gasteiger partial charge in [-0.15, -0.1) is 0 Å². The number of rotatable bonds is 8. The van der Waals surface area contributed by atoms with E-state index in [0.29, 0.717) is 41.0 Å². The molecule has 1 aliphatic heterocycles. The first-order chi connectivity index (χ1) is 15.3. The molecule has 170 valence electrons. The van der Waals surface area contributed by atoms with Crippen LogP contribution >= 0.6 is 11.8 Å². The van der Waals surface area contributed by atoms with Crippen LogP contribution in [0.2, 0.25) is 0 Å². The van der Waals surface area contributed by atoms with Crippen molar-refractivity contribution in [1.29, 1.82) is 0 Å². The second-order valence-corrected chi connectivity index (χ2v) is 9.02. The number of hydrogen-bond acceptors (Lipinski definition) is 5. The van der Waals surface area contributed by atoms with Crippen LogP contribution in [-0.2, 0) is 4.79 Å². The molecule has 0 unspecified atom stereocenters. The van der Waals surface area contributed by atoms with Gasteiger partial charge in [0.1, 0.15) is 0 Å². The van der Waals surface area contributed by atoms with Gasteiger partial charge in [0.05, 0.1) is 24.3 Å². The third-order valence-electron chi connectivity index (χ3n) is 5.11. The topological polar surface area (TPSA) is 67.9 Å². The molecule has 2 amide bonds. The highest BCUT2D eigenvalue weighted by Crippen LogP contribution is 2.42. The fourth-order valence-electron chi connectivity index (χ4n) is 3.31. The smallest absolute Gasteiger partial charge is 0.264 e. The van der Waals surface area contributed by atoms with Gasteiger partial charge in [-0.3, -0.25) is 9.59 Å². The van der Waals surface area contributed by atoms with Crippen LogP contribution in [0.25, 0.3) is 6.08 Å². The maximum atomic E-state index is 13.0. The third-order valence-corrected chi connectivity index (χ3v) is 6.19. The van der Waals surface area contributed by atoms with Crippen molar-refractivity contribution >= 4 is 35.3 Å². The molecule has 1 heterocycles. The lowest BCUT2D eigenvalue weighted by atomic mass is 10.1. The molecule has 7 heteroatoms. The Labute approximate surface area is 194 Å². The summed E-state index contributed by atoms with van der Waals surface area (Å²) in [5, 5.41) is 2.95. The van der Waals surface area contributed by atoms with Gasteiger partial charge < -0.3 is 19.7 Å². The van der Waals surface area contributed by atoms with Gasteiger partial charge in [-0.25, -0.2) is 0 Å². The average molecular weight is 455 g/mol. The predicted octanol–water partition coefficient (Wildman–Crippen LogP) is 4.98. The summed E-state index contributed by atoms with van der Waals surface area (Å²) in [6.45, 7) is 7.34. The number of likely N-dealkylation sites (N-methyl/N-ethyl adjacent to an activating group) is 1. The molecule has 1 aliphatic rings. The minimum absolute atomic E-state index is 0.118. The van der Waals surface area contributed by atoms with Crippen LogP contribution < -0.4 is 19.7 Å². The summed E-state index contributed by atoms with van der Waals surface area (Å²) in [5.74, 6) is 1.58. The molecule has 0 aliphatic carbocycles. The number of nitrogens with zero attached hydrogens (tertiary/aromatic N) is 1. The molecular weight excluding hydrogens is 424 g/mol. The SMILES string of the molecule is CCOc1ccc(/C=C2/Sc3ccc(C(=O)NCCC(C)C)cc3N(C)C2=O)cc1OC. The van der Waals surface area contributed by atoms with E-state index in [-0.39, 0.29) is 11.8 Å². The number of ether oxygens (including phenoxy) is 2. The van der Waals surface area contributed by atoms with Crippen molar-refractivity contribution < 1.29 is 19.1 Å². The first kappa shape index (κ1) is 23.7. The quantitative estimate of drug-likeness (QED) is 0.570. The van der Waals surface area contributed by atoms with E-state index in [4.69, 9.17) is 9.47 Å². The van der Waals surface area contributed by atoms with Crippen LogP contribution in [-0.4, -0.2) is 39.1 Å². The zero-order valence-corrected chi connectivity index (χ0v) is 20.0. The molecular formula is C25H30N2O4S. The fraction of sp³-hybridized carbons (Fsp3) is 0.360. The summed E-state index contributed by atoms with van der Waals surface area (Å²) >= 11 is 1.40. The van der Waals surface area contributed by atoms with E-state index in [2.05, 4.69) is 19.2 Å². The maximum Gasteiger partial charge on any atom is 0.264 e. The van der Waals surface area contributed by atoms with Gasteiger partial charge in [-0.2, -0.15) is 0 Å². The van der Waals surface area contributed by atoms with Gasteiger partial charge >= 0.3 is 0 Å². The summed E-state index contributed by atoms with van der Waals surface area (Å²) in [5.41, 5.74) is 2.13. The lowest BCUT2D eigenvalue weighted by Crippen LogP contribution is -2.31. The van der Waals surface area contributed by atoms with Gasteiger partial charge in [0.2, 0.25) is 0 Å². The molecule has 32 heavy (non-hydrogen) atoms. The Hall–Kier alpha value is -2.93. The van der Waals surface area contributed by atoms with Crippen molar-refractivity contribution in [2.45, 2.75) is 32.1 Å². The molecule has 0 atom stereocenters. The zero-order valence-electron chi connectivity index (χ0n) is 19.2. The monoisotopic (exact) mass is 454 g/mol. The summed E-state index contributed by atoms with van der Waals surface area (Å²) in [7, 11) is 3.32. The van der Waals surface area contributed by atoms with Crippen molar-refractivity contribution in [1.82, 2.24) is 5.32 Å². The summed E-state index contributed by atoms with van der Waals surface area (Å²) < 4.78 is 11.0. The van der Waals surface area contributed by atoms with E-state index >= 15 is 0 Å². The molecule has 0 bridgehead atoms. The van der Waals surface area contributed by atoms with Gasteiger partial charge in [0.15, 0.2) is 11.5 Å². The largest absolute Gasteiger partial charge is 0.493 e. The lowest BCUT2D eigenvalue weighted by molar-refractivity contribution is -0.114. The Kier molecular flexibility index (Phi) is 7.85. The predicted molar refractivity (Wildman–Crippen MR) is 130 cm³/mol. The standard InChI is InChI=1S/C25H30N2O4S/c1-6-31-20-9-7-17(13-21(20)30-5)14-23-25(29)27(4)19-15-18(8-10-22(19)32-23)24(28)26-12-11-16(2)3/h7-10,13-16H,6,11-12H2,1-5H3,(H,26,28)/b23-14+. The normalized spacial score (nSPS) is 14.5. The first-order valence-electron chi connectivity index (χ1n) is 10.7. The van der Waals surface area contributed by atoms with Crippen molar-refractivity contribution in [3.63, 3.8) is 0 Å². The summed E-state index contributed by atoms with van der Waals surface area (Å²) in [6.07, 6.45) is 2.77. The fourth-order valence-corrected chi connectivity index (χ4v) is 4.40. The van der Waals surface area contributed by atoms with E-state index in [1.165, 1.54) is 11.8 Å². The van der Waals surface area contributed by atoms with Gasteiger partial charge in [0.25, 0.3) is 11.8 Å². The number of hydrogen-bond donors (Lipinski definition) is 1. The van der Waals surface area contributed by atoms with Gasteiger partial charge in [-0.1, -0.05) is 31.7 Å². The maximum absolute atomic E-state index is 13.0. The highest BCUT2D eigenvalue weighted by atomic mass is 32.2. The molecule has 0 spiro atoms. The van der Waals surface area contributed by atoms with Crippen molar-refractivity contribution in [2.75, 3.05) is 32.2 Å². The minimum atomic E-state index is -0.123. The second kappa shape index (κ2) is 10.6. The number of anilines is 1. The molecule has 2 aromatic rings. The Morgan fingerprint density at radius 2 is 1.97 bits per heavy atom. The van der Waals surface area contributed by atoms with Crippen LogP contribution in [0.3, 0.4) is 0 Å². The first-order valence-corrected chi connectivity index (χ1v) is 11.6. The van der Waals surface area contributed by atoms with Crippen LogP contribution in [0.1, 0.15) is 43.1 Å². The van der Waals surface area contributed by atoms with E-state index in [1.54, 1.807) is 31.2 Å². The average Bonchev–Trinajstić information content (AvgIpc) is 2.77. The van der Waals surface area contributed by atoms with Gasteiger partial charge in [0, 0.05) is 24.1 Å². The molecule has 0 fully saturated rings. The number of amides is 2. The van der Waals surface area contributed by atoms with Crippen LogP contribution in [0.5, 0.6) is 11.5 Å². The molecule has 0 radical (unpaired) electrons. The van der Waals surface area contributed by atoms with E-state index < -0.39 is 0 Å². The number of nitrogens with one attached hydrogen (secondary N) is 1. The van der Waals surface area contributed by atoms with Crippen molar-refractivity contribution in [2.24, 2.45) is 5.92 Å². The van der Waals surface area contributed by atoms with Gasteiger partial charge in [-0.05, 0) is 61.2 Å². The molecule has 1 N–H and O–H groups in total. The number of carbonyl (C=O) groups excluding carboxylic acids is 2. The highest BCUT2D eigenvalue weighted by Gasteiger charge is 2.27. The number of thioether (sulfide) groups is 1. The lowest BCUT2D eigenvalue weighted by Gasteiger charge is -2.27. The third kappa shape index (κ3) is 5.46. The molecule has 3 rings (SSSR count). The number of benzene rings is 2. The summed E-state index contributed by atoms with van der Waals surface area (Å²) in [6, 6.07) is 11.1. The van der Waals surface area contributed by atoms with Crippen molar-refractivity contribution in [3.8, 4) is 11.5 Å². The molecule has 6 nitrogen and oxygen atoms in total. The van der Waals surface area contributed by atoms with Crippen LogP contribution in [0, 0.1) is 5.92 Å². The minimum Gasteiger partial charge on any atom is -0.493 e. The molecule has 2 aromatic carbocycles. The Bertz CT molecular complexity index is 1030. The molecule has 0 saturated carbocycles. The highest BCUT2D eigenvalue weighted by molar-refractivity contribution is 8.04. The Balaban J connectivity index is 1.82. The van der Waals surface area contributed by atoms with Crippen LogP contribution in [0.4, 0.5) is 5.69 Å². The molecule has 0 saturated heterocycles. The number of fused-ring (bicyclic) bond motifs is 1.